The number of amides is 2. The molecule has 1 saturated carbocycles. The molecule has 2 amide bonds. The molecule has 5 nitrogen and oxygen atoms in total. The predicted molar refractivity (Wildman–Crippen MR) is 94.7 cm³/mol. The number of likely N-dealkylation sites (N-methyl/N-ethyl adjacent to an activating group) is 1. The van der Waals surface area contributed by atoms with E-state index in [0.717, 1.165) is 38.8 Å². The van der Waals surface area contributed by atoms with Crippen molar-refractivity contribution in [1.29, 1.82) is 0 Å². The van der Waals surface area contributed by atoms with E-state index < -0.39 is 6.04 Å². The highest BCUT2D eigenvalue weighted by Crippen LogP contribution is 2.26. The van der Waals surface area contributed by atoms with Gasteiger partial charge in [0.1, 0.15) is 6.04 Å². The van der Waals surface area contributed by atoms with Gasteiger partial charge in [0.2, 0.25) is 11.8 Å². The average Bonchev–Trinajstić information content (AvgIpc) is 2.55. The van der Waals surface area contributed by atoms with Gasteiger partial charge in [-0.05, 0) is 45.6 Å². The molecule has 2 fully saturated rings. The van der Waals surface area contributed by atoms with Crippen LogP contribution < -0.4 is 10.6 Å². The molecule has 2 N–H and O–H groups in total. The number of hydrogen-bond donors (Lipinski definition) is 2. The highest BCUT2D eigenvalue weighted by atomic mass is 35.5. The lowest BCUT2D eigenvalue weighted by atomic mass is 9.87. The normalized spacial score (nSPS) is 23.7. The van der Waals surface area contributed by atoms with E-state index in [9.17, 15) is 9.59 Å². The summed E-state index contributed by atoms with van der Waals surface area (Å²) in [5, 5.41) is 6.15. The summed E-state index contributed by atoms with van der Waals surface area (Å²) in [6.45, 7) is 3.36. The Labute approximate surface area is 146 Å². The number of halogens is 1. The minimum absolute atomic E-state index is 0. The van der Waals surface area contributed by atoms with Gasteiger partial charge in [-0.3, -0.25) is 9.59 Å². The first-order valence-electron chi connectivity index (χ1n) is 8.85. The van der Waals surface area contributed by atoms with Crippen LogP contribution >= 0.6 is 12.4 Å². The summed E-state index contributed by atoms with van der Waals surface area (Å²) < 4.78 is 0. The van der Waals surface area contributed by atoms with Crippen molar-refractivity contribution in [1.82, 2.24) is 15.5 Å². The van der Waals surface area contributed by atoms with Gasteiger partial charge in [0.25, 0.3) is 0 Å². The lowest BCUT2D eigenvalue weighted by Crippen LogP contribution is -2.53. The number of piperidine rings is 1. The molecule has 2 rings (SSSR count). The fraction of sp³-hybridized carbons (Fsp3) is 0.882. The Kier molecular flexibility index (Phi) is 8.92. The molecular weight excluding hydrogens is 314 g/mol. The smallest absolute Gasteiger partial charge is 0.244 e. The number of nitrogens with one attached hydrogen (secondary N) is 2. The van der Waals surface area contributed by atoms with Crippen LogP contribution in [-0.4, -0.2) is 48.9 Å². The Bertz CT molecular complexity index is 386. The van der Waals surface area contributed by atoms with E-state index in [1.165, 1.54) is 19.3 Å². The van der Waals surface area contributed by atoms with E-state index in [1.54, 1.807) is 0 Å². The minimum Gasteiger partial charge on any atom is -0.345 e. The molecular formula is C17H32ClN3O2. The van der Waals surface area contributed by atoms with Crippen molar-refractivity contribution in [3.63, 3.8) is 0 Å². The minimum atomic E-state index is -0.410. The van der Waals surface area contributed by atoms with Gasteiger partial charge in [-0.2, -0.15) is 0 Å². The van der Waals surface area contributed by atoms with Gasteiger partial charge in [0.15, 0.2) is 0 Å². The number of carbonyl (C=O) groups excluding carboxylic acids is 2. The second kappa shape index (κ2) is 10.1. The summed E-state index contributed by atoms with van der Waals surface area (Å²) in [5.74, 6) is 0.603. The third kappa shape index (κ3) is 6.30. The van der Waals surface area contributed by atoms with Crippen LogP contribution in [0.4, 0.5) is 0 Å². The summed E-state index contributed by atoms with van der Waals surface area (Å²) in [4.78, 5) is 26.5. The maximum absolute atomic E-state index is 12.5. The molecule has 1 aliphatic heterocycles. The Morgan fingerprint density at radius 2 is 1.83 bits per heavy atom. The number of hydrogen-bond acceptors (Lipinski definition) is 3. The molecule has 0 radical (unpaired) electrons. The van der Waals surface area contributed by atoms with Gasteiger partial charge >= 0.3 is 0 Å². The predicted octanol–water partition coefficient (Wildman–Crippen LogP) is 2.09. The Balaban J connectivity index is 0.00000264. The molecule has 0 aromatic heterocycles. The number of rotatable bonds is 5. The summed E-state index contributed by atoms with van der Waals surface area (Å²) in [5.41, 5.74) is 0. The molecule has 0 bridgehead atoms. The van der Waals surface area contributed by atoms with Crippen LogP contribution in [0.3, 0.4) is 0 Å². The quantitative estimate of drug-likeness (QED) is 0.802. The van der Waals surface area contributed by atoms with Crippen molar-refractivity contribution in [2.75, 3.05) is 20.1 Å². The highest BCUT2D eigenvalue weighted by Gasteiger charge is 2.27. The molecule has 1 heterocycles. The topological polar surface area (TPSA) is 61.4 Å². The van der Waals surface area contributed by atoms with Crippen molar-refractivity contribution >= 4 is 24.2 Å². The molecule has 2 atom stereocenters. The van der Waals surface area contributed by atoms with Crippen LogP contribution in [0.2, 0.25) is 0 Å². The van der Waals surface area contributed by atoms with E-state index in [2.05, 4.69) is 10.6 Å². The molecule has 0 spiro atoms. The number of nitrogens with zero attached hydrogens (tertiary/aromatic N) is 1. The summed E-state index contributed by atoms with van der Waals surface area (Å²) in [7, 11) is 1.94. The van der Waals surface area contributed by atoms with E-state index in [1.807, 2.05) is 18.9 Å². The summed E-state index contributed by atoms with van der Waals surface area (Å²) in [6, 6.07) is -0.0328. The summed E-state index contributed by atoms with van der Waals surface area (Å²) >= 11 is 0. The Hall–Kier alpha value is -0.810. The zero-order valence-electron chi connectivity index (χ0n) is 14.5. The van der Waals surface area contributed by atoms with Gasteiger partial charge in [0, 0.05) is 25.6 Å². The van der Waals surface area contributed by atoms with Crippen molar-refractivity contribution in [2.45, 2.75) is 70.4 Å². The maximum atomic E-state index is 12.5. The lowest BCUT2D eigenvalue weighted by Gasteiger charge is -2.34. The van der Waals surface area contributed by atoms with Crippen LogP contribution in [0, 0.1) is 5.92 Å². The SMILES string of the molecule is CNC1CCCN(C(=O)C(C)NC(=O)CC2CCCCC2)C1.Cl. The van der Waals surface area contributed by atoms with E-state index >= 15 is 0 Å². The third-order valence-corrected chi connectivity index (χ3v) is 5.09. The van der Waals surface area contributed by atoms with Gasteiger partial charge < -0.3 is 15.5 Å². The van der Waals surface area contributed by atoms with Crippen LogP contribution in [0.1, 0.15) is 58.3 Å². The first-order chi connectivity index (χ1) is 10.6. The molecule has 6 heteroatoms. The lowest BCUT2D eigenvalue weighted by molar-refractivity contribution is -0.137. The summed E-state index contributed by atoms with van der Waals surface area (Å²) in [6.07, 6.45) is 8.82. The van der Waals surface area contributed by atoms with Gasteiger partial charge in [0.05, 0.1) is 0 Å². The molecule has 1 saturated heterocycles. The van der Waals surface area contributed by atoms with Gasteiger partial charge in [-0.25, -0.2) is 0 Å². The van der Waals surface area contributed by atoms with E-state index in [0.29, 0.717) is 18.4 Å². The number of likely N-dealkylation sites (tertiary alicyclic amines) is 1. The molecule has 2 aliphatic rings. The second-order valence-corrected chi connectivity index (χ2v) is 6.91. The molecule has 0 aromatic rings. The van der Waals surface area contributed by atoms with Gasteiger partial charge in [-0.1, -0.05) is 19.3 Å². The van der Waals surface area contributed by atoms with E-state index in [-0.39, 0.29) is 24.2 Å². The van der Waals surface area contributed by atoms with Crippen molar-refractivity contribution in [3.05, 3.63) is 0 Å². The fourth-order valence-corrected chi connectivity index (χ4v) is 3.70. The van der Waals surface area contributed by atoms with Crippen molar-refractivity contribution in [2.24, 2.45) is 5.92 Å². The Morgan fingerprint density at radius 1 is 1.13 bits per heavy atom. The molecule has 2 unspecified atom stereocenters. The zero-order chi connectivity index (χ0) is 15.9. The van der Waals surface area contributed by atoms with Crippen molar-refractivity contribution < 1.29 is 9.59 Å². The molecule has 0 aromatic carbocycles. The monoisotopic (exact) mass is 345 g/mol. The van der Waals surface area contributed by atoms with Gasteiger partial charge in [-0.15, -0.1) is 12.4 Å². The maximum Gasteiger partial charge on any atom is 0.244 e. The standard InChI is InChI=1S/C17H31N3O2.ClH/c1-13(17(22)20-10-6-9-15(12-20)18-2)19-16(21)11-14-7-4-3-5-8-14;/h13-15,18H,3-12H2,1-2H3,(H,19,21);1H. The molecule has 134 valence electrons. The third-order valence-electron chi connectivity index (χ3n) is 5.09. The van der Waals surface area contributed by atoms with Crippen LogP contribution in [0.25, 0.3) is 0 Å². The first kappa shape index (κ1) is 20.2. The first-order valence-corrected chi connectivity index (χ1v) is 8.85. The second-order valence-electron chi connectivity index (χ2n) is 6.91. The largest absolute Gasteiger partial charge is 0.345 e. The van der Waals surface area contributed by atoms with Crippen LogP contribution in [-0.2, 0) is 9.59 Å². The average molecular weight is 346 g/mol. The zero-order valence-corrected chi connectivity index (χ0v) is 15.3. The van der Waals surface area contributed by atoms with E-state index in [4.69, 9.17) is 0 Å². The Morgan fingerprint density at radius 3 is 2.48 bits per heavy atom. The molecule has 1 aliphatic carbocycles. The van der Waals surface area contributed by atoms with Crippen LogP contribution in [0.15, 0.2) is 0 Å². The molecule has 23 heavy (non-hydrogen) atoms. The van der Waals surface area contributed by atoms with Crippen molar-refractivity contribution in [3.8, 4) is 0 Å². The highest BCUT2D eigenvalue weighted by molar-refractivity contribution is 5.87. The number of carbonyl (C=O) groups is 2. The fourth-order valence-electron chi connectivity index (χ4n) is 3.70. The van der Waals surface area contributed by atoms with Crippen LogP contribution in [0.5, 0.6) is 0 Å².